The molecule has 8 heteroatoms. The summed E-state index contributed by atoms with van der Waals surface area (Å²) in [6.07, 6.45) is 0. The molecule has 0 N–H and O–H groups in total. The fourth-order valence-electron chi connectivity index (χ4n) is 3.05. The monoisotopic (exact) mass is 356 g/mol. The van der Waals surface area contributed by atoms with Gasteiger partial charge in [0.1, 0.15) is 12.4 Å². The SMILES string of the molecule is Cc1nc2c(c(=O)n1C)CN(C(=O)Cn1sc3ccccc3c1=O)C2. The van der Waals surface area contributed by atoms with Crippen LogP contribution in [0.1, 0.15) is 17.1 Å². The number of aromatic nitrogens is 3. The number of carbonyl (C=O) groups is 1. The number of fused-ring (bicyclic) bond motifs is 2. The second-order valence-corrected chi connectivity index (χ2v) is 7.19. The Balaban J connectivity index is 1.60. The van der Waals surface area contributed by atoms with Gasteiger partial charge in [0, 0.05) is 7.05 Å². The van der Waals surface area contributed by atoms with Crippen molar-refractivity contribution in [2.24, 2.45) is 7.05 Å². The smallest absolute Gasteiger partial charge is 0.268 e. The first kappa shape index (κ1) is 15.8. The fourth-order valence-corrected chi connectivity index (χ4v) is 4.04. The fraction of sp³-hybridized carbons (Fsp3) is 0.294. The van der Waals surface area contributed by atoms with Crippen LogP contribution in [0.5, 0.6) is 0 Å². The molecule has 1 aliphatic rings. The molecule has 0 aliphatic carbocycles. The van der Waals surface area contributed by atoms with Gasteiger partial charge >= 0.3 is 0 Å². The molecule has 0 spiro atoms. The summed E-state index contributed by atoms with van der Waals surface area (Å²) in [5.74, 6) is 0.435. The third kappa shape index (κ3) is 2.49. The number of aryl methyl sites for hydroxylation is 1. The number of hydrogen-bond donors (Lipinski definition) is 0. The van der Waals surface area contributed by atoms with Gasteiger partial charge in [-0.05, 0) is 19.1 Å². The highest BCUT2D eigenvalue weighted by molar-refractivity contribution is 7.13. The lowest BCUT2D eigenvalue weighted by molar-refractivity contribution is -0.132. The first-order chi connectivity index (χ1) is 12.0. The lowest BCUT2D eigenvalue weighted by atomic mass is 10.2. The maximum atomic E-state index is 12.6. The Morgan fingerprint density at radius 1 is 1.20 bits per heavy atom. The average molecular weight is 356 g/mol. The Morgan fingerprint density at radius 2 is 1.96 bits per heavy atom. The van der Waals surface area contributed by atoms with Crippen molar-refractivity contribution < 1.29 is 4.79 Å². The van der Waals surface area contributed by atoms with Gasteiger partial charge in [-0.2, -0.15) is 0 Å². The third-order valence-corrected chi connectivity index (χ3v) is 5.64. The van der Waals surface area contributed by atoms with E-state index in [2.05, 4.69) is 4.98 Å². The number of benzene rings is 1. The topological polar surface area (TPSA) is 77.2 Å². The van der Waals surface area contributed by atoms with Gasteiger partial charge in [0.2, 0.25) is 5.91 Å². The van der Waals surface area contributed by atoms with E-state index in [4.69, 9.17) is 0 Å². The molecule has 0 atom stereocenters. The summed E-state index contributed by atoms with van der Waals surface area (Å²) in [6.45, 7) is 2.30. The van der Waals surface area contributed by atoms with Crippen LogP contribution in [0.2, 0.25) is 0 Å². The Hall–Kier alpha value is -2.74. The Labute approximate surface area is 146 Å². The lowest BCUT2D eigenvalue weighted by Gasteiger charge is -2.14. The molecule has 128 valence electrons. The Morgan fingerprint density at radius 3 is 2.72 bits per heavy atom. The van der Waals surface area contributed by atoms with E-state index < -0.39 is 0 Å². The van der Waals surface area contributed by atoms with Crippen molar-refractivity contribution in [1.82, 2.24) is 18.4 Å². The van der Waals surface area contributed by atoms with Crippen molar-refractivity contribution in [3.8, 4) is 0 Å². The summed E-state index contributed by atoms with van der Waals surface area (Å²) >= 11 is 1.28. The van der Waals surface area contributed by atoms with Crippen LogP contribution in [0.4, 0.5) is 0 Å². The predicted octanol–water partition coefficient (Wildman–Crippen LogP) is 1.01. The van der Waals surface area contributed by atoms with Crippen molar-refractivity contribution in [2.45, 2.75) is 26.6 Å². The normalized spacial score (nSPS) is 13.4. The first-order valence-electron chi connectivity index (χ1n) is 7.87. The van der Waals surface area contributed by atoms with E-state index in [1.54, 1.807) is 24.9 Å². The van der Waals surface area contributed by atoms with Crippen LogP contribution in [-0.4, -0.2) is 24.3 Å². The first-order valence-corrected chi connectivity index (χ1v) is 8.65. The molecular formula is C17H16N4O3S. The molecule has 2 aromatic heterocycles. The average Bonchev–Trinajstić information content (AvgIpc) is 3.15. The molecule has 25 heavy (non-hydrogen) atoms. The van der Waals surface area contributed by atoms with Crippen LogP contribution in [-0.2, 0) is 31.5 Å². The van der Waals surface area contributed by atoms with E-state index in [0.29, 0.717) is 29.0 Å². The highest BCUT2D eigenvalue weighted by Gasteiger charge is 2.28. The molecule has 0 unspecified atom stereocenters. The molecule has 0 saturated heterocycles. The maximum absolute atomic E-state index is 12.6. The molecule has 1 aliphatic heterocycles. The summed E-state index contributed by atoms with van der Waals surface area (Å²) < 4.78 is 3.81. The zero-order chi connectivity index (χ0) is 17.7. The summed E-state index contributed by atoms with van der Waals surface area (Å²) in [5, 5.41) is 0.621. The molecular weight excluding hydrogens is 340 g/mol. The minimum Gasteiger partial charge on any atom is -0.331 e. The van der Waals surface area contributed by atoms with Crippen molar-refractivity contribution >= 4 is 27.5 Å². The number of hydrogen-bond acceptors (Lipinski definition) is 5. The largest absolute Gasteiger partial charge is 0.331 e. The van der Waals surface area contributed by atoms with E-state index >= 15 is 0 Å². The minimum atomic E-state index is -0.189. The second-order valence-electron chi connectivity index (χ2n) is 6.13. The lowest BCUT2D eigenvalue weighted by Crippen LogP contribution is -2.32. The number of amides is 1. The summed E-state index contributed by atoms with van der Waals surface area (Å²) in [6, 6.07) is 7.30. The van der Waals surface area contributed by atoms with Gasteiger partial charge in [-0.15, -0.1) is 0 Å². The van der Waals surface area contributed by atoms with Crippen LogP contribution in [0, 0.1) is 6.92 Å². The molecule has 0 bridgehead atoms. The summed E-state index contributed by atoms with van der Waals surface area (Å²) in [4.78, 5) is 43.3. The van der Waals surface area contributed by atoms with E-state index in [1.165, 1.54) is 20.1 Å². The standard InChI is InChI=1S/C17H16N4O3S/c1-10-18-13-8-20(7-12(13)16(23)19(10)2)15(22)9-21-17(24)11-5-3-4-6-14(11)25-21/h3-6H,7-9H2,1-2H3. The van der Waals surface area contributed by atoms with Gasteiger partial charge in [0.05, 0.1) is 34.4 Å². The van der Waals surface area contributed by atoms with Gasteiger partial charge < -0.3 is 4.90 Å². The number of rotatable bonds is 2. The molecule has 0 fully saturated rings. The summed E-state index contributed by atoms with van der Waals surface area (Å²) in [7, 11) is 1.67. The molecule has 0 radical (unpaired) electrons. The van der Waals surface area contributed by atoms with Crippen LogP contribution in [0.25, 0.3) is 10.1 Å². The molecule has 3 aromatic rings. The van der Waals surface area contributed by atoms with E-state index in [0.717, 1.165) is 4.70 Å². The molecule has 7 nitrogen and oxygen atoms in total. The Kier molecular flexibility index (Phi) is 3.57. The third-order valence-electron chi connectivity index (χ3n) is 4.57. The maximum Gasteiger partial charge on any atom is 0.268 e. The van der Waals surface area contributed by atoms with Gasteiger partial charge in [-0.1, -0.05) is 23.7 Å². The molecule has 4 rings (SSSR count). The van der Waals surface area contributed by atoms with Crippen LogP contribution < -0.4 is 11.1 Å². The Bertz CT molecular complexity index is 1130. The molecule has 3 heterocycles. The van der Waals surface area contributed by atoms with E-state index in [1.807, 2.05) is 18.2 Å². The van der Waals surface area contributed by atoms with E-state index in [-0.39, 0.29) is 30.1 Å². The quantitative estimate of drug-likeness (QED) is 0.687. The van der Waals surface area contributed by atoms with Crippen LogP contribution in [0.3, 0.4) is 0 Å². The molecule has 0 saturated carbocycles. The highest BCUT2D eigenvalue weighted by atomic mass is 32.1. The second kappa shape index (κ2) is 5.66. The minimum absolute atomic E-state index is 0.0224. The van der Waals surface area contributed by atoms with Gasteiger partial charge in [-0.3, -0.25) is 22.9 Å². The highest BCUT2D eigenvalue weighted by Crippen LogP contribution is 2.20. The zero-order valence-electron chi connectivity index (χ0n) is 13.9. The zero-order valence-corrected chi connectivity index (χ0v) is 14.7. The number of carbonyl (C=O) groups excluding carboxylic acids is 1. The van der Waals surface area contributed by atoms with Crippen LogP contribution >= 0.6 is 11.5 Å². The molecule has 1 amide bonds. The van der Waals surface area contributed by atoms with Gasteiger partial charge in [0.15, 0.2) is 0 Å². The van der Waals surface area contributed by atoms with Gasteiger partial charge in [-0.25, -0.2) is 4.98 Å². The van der Waals surface area contributed by atoms with Crippen molar-refractivity contribution in [1.29, 1.82) is 0 Å². The van der Waals surface area contributed by atoms with Crippen molar-refractivity contribution in [2.75, 3.05) is 0 Å². The van der Waals surface area contributed by atoms with Crippen molar-refractivity contribution in [3.63, 3.8) is 0 Å². The number of nitrogens with zero attached hydrogens (tertiary/aromatic N) is 4. The van der Waals surface area contributed by atoms with E-state index in [9.17, 15) is 14.4 Å². The molecule has 1 aromatic carbocycles. The van der Waals surface area contributed by atoms with Crippen LogP contribution in [0.15, 0.2) is 33.9 Å². The summed E-state index contributed by atoms with van der Waals surface area (Å²) in [5.41, 5.74) is 0.940. The van der Waals surface area contributed by atoms with Gasteiger partial charge in [0.25, 0.3) is 11.1 Å². The predicted molar refractivity (Wildman–Crippen MR) is 94.6 cm³/mol. The van der Waals surface area contributed by atoms with Crippen molar-refractivity contribution in [3.05, 3.63) is 62.1 Å².